The van der Waals surface area contributed by atoms with Crippen LogP contribution in [0.1, 0.15) is 16.5 Å². The summed E-state index contributed by atoms with van der Waals surface area (Å²) >= 11 is 9.66. The second-order valence-corrected chi connectivity index (χ2v) is 5.30. The van der Waals surface area contributed by atoms with E-state index in [1.54, 1.807) is 6.07 Å². The van der Waals surface area contributed by atoms with E-state index in [0.29, 0.717) is 6.42 Å². The molecule has 0 radical (unpaired) electrons. The molecule has 2 aromatic carbocycles. The number of benzene rings is 2. The van der Waals surface area contributed by atoms with Crippen LogP contribution >= 0.6 is 27.5 Å². The highest BCUT2D eigenvalue weighted by molar-refractivity contribution is 9.10. The molecule has 88 valence electrons. The van der Waals surface area contributed by atoms with Crippen molar-refractivity contribution in [1.82, 2.24) is 0 Å². The highest BCUT2D eigenvalue weighted by Gasteiger charge is 2.09. The first-order valence-electron chi connectivity index (χ1n) is 5.29. The third-order valence-electron chi connectivity index (χ3n) is 2.54. The maximum Gasteiger partial charge on any atom is 0.123 e. The topological polar surface area (TPSA) is 0 Å². The smallest absolute Gasteiger partial charge is 0.123 e. The Morgan fingerprint density at radius 1 is 1.12 bits per heavy atom. The Kier molecular flexibility index (Phi) is 4.19. The molecule has 0 aromatic heterocycles. The van der Waals surface area contributed by atoms with Gasteiger partial charge in [-0.2, -0.15) is 0 Å². The number of halogens is 3. The summed E-state index contributed by atoms with van der Waals surface area (Å²) in [5, 5.41) is -0.202. The average molecular weight is 314 g/mol. The molecule has 0 saturated carbocycles. The fourth-order valence-electron chi connectivity index (χ4n) is 1.65. The molecule has 1 unspecified atom stereocenters. The van der Waals surface area contributed by atoms with E-state index in [1.165, 1.54) is 12.1 Å². The van der Waals surface area contributed by atoms with Gasteiger partial charge in [0.05, 0.1) is 5.38 Å². The Morgan fingerprint density at radius 2 is 1.82 bits per heavy atom. The Hall–Kier alpha value is -0.860. The van der Waals surface area contributed by atoms with Crippen LogP contribution in [0.15, 0.2) is 53.0 Å². The molecule has 0 aliphatic heterocycles. The molecule has 1 atom stereocenters. The van der Waals surface area contributed by atoms with Crippen molar-refractivity contribution < 1.29 is 4.39 Å². The fourth-order valence-corrected chi connectivity index (χ4v) is 2.22. The van der Waals surface area contributed by atoms with E-state index in [1.807, 2.05) is 30.3 Å². The SMILES string of the molecule is Fc1cccc(C(Cl)Cc2ccc(Br)cc2)c1. The lowest BCUT2D eigenvalue weighted by Crippen LogP contribution is -1.96. The zero-order valence-corrected chi connectivity index (χ0v) is 11.4. The van der Waals surface area contributed by atoms with E-state index in [0.717, 1.165) is 15.6 Å². The number of rotatable bonds is 3. The number of hydrogen-bond donors (Lipinski definition) is 0. The van der Waals surface area contributed by atoms with Crippen LogP contribution < -0.4 is 0 Å². The third kappa shape index (κ3) is 3.55. The summed E-state index contributed by atoms with van der Waals surface area (Å²) in [4.78, 5) is 0. The van der Waals surface area contributed by atoms with Crippen molar-refractivity contribution in [3.63, 3.8) is 0 Å². The summed E-state index contributed by atoms with van der Waals surface area (Å²) in [6.07, 6.45) is 0.693. The van der Waals surface area contributed by atoms with Crippen LogP contribution in [0.4, 0.5) is 4.39 Å². The summed E-state index contributed by atoms with van der Waals surface area (Å²) in [6, 6.07) is 14.4. The minimum Gasteiger partial charge on any atom is -0.207 e. The minimum atomic E-state index is -0.246. The van der Waals surface area contributed by atoms with E-state index < -0.39 is 0 Å². The zero-order chi connectivity index (χ0) is 12.3. The van der Waals surface area contributed by atoms with Gasteiger partial charge in [0.25, 0.3) is 0 Å². The molecule has 17 heavy (non-hydrogen) atoms. The van der Waals surface area contributed by atoms with Crippen molar-refractivity contribution in [2.45, 2.75) is 11.8 Å². The van der Waals surface area contributed by atoms with Crippen LogP contribution in [-0.4, -0.2) is 0 Å². The summed E-state index contributed by atoms with van der Waals surface area (Å²) in [6.45, 7) is 0. The van der Waals surface area contributed by atoms with Gasteiger partial charge >= 0.3 is 0 Å². The molecule has 0 heterocycles. The maximum atomic E-state index is 13.1. The Balaban J connectivity index is 2.11. The highest BCUT2D eigenvalue weighted by atomic mass is 79.9. The first-order chi connectivity index (χ1) is 8.15. The quantitative estimate of drug-likeness (QED) is 0.691. The van der Waals surface area contributed by atoms with Gasteiger partial charge in [0.1, 0.15) is 5.82 Å². The van der Waals surface area contributed by atoms with Crippen LogP contribution in [0.2, 0.25) is 0 Å². The van der Waals surface area contributed by atoms with E-state index in [4.69, 9.17) is 11.6 Å². The second-order valence-electron chi connectivity index (χ2n) is 3.85. The molecule has 0 aliphatic carbocycles. The van der Waals surface area contributed by atoms with Gasteiger partial charge in [-0.25, -0.2) is 4.39 Å². The lowest BCUT2D eigenvalue weighted by molar-refractivity contribution is 0.624. The molecular formula is C14H11BrClF. The van der Waals surface area contributed by atoms with E-state index in [2.05, 4.69) is 15.9 Å². The van der Waals surface area contributed by atoms with Crippen LogP contribution in [0.3, 0.4) is 0 Å². The van der Waals surface area contributed by atoms with E-state index in [9.17, 15) is 4.39 Å². The van der Waals surface area contributed by atoms with Crippen molar-refractivity contribution in [3.8, 4) is 0 Å². The van der Waals surface area contributed by atoms with Gasteiger partial charge in [0.2, 0.25) is 0 Å². The van der Waals surface area contributed by atoms with Gasteiger partial charge in [0.15, 0.2) is 0 Å². The Labute approximate surface area is 114 Å². The molecule has 0 aliphatic rings. The second kappa shape index (κ2) is 5.65. The number of alkyl halides is 1. The van der Waals surface area contributed by atoms with Gasteiger partial charge in [-0.05, 0) is 41.8 Å². The molecule has 0 bridgehead atoms. The van der Waals surface area contributed by atoms with Crippen molar-refractivity contribution >= 4 is 27.5 Å². The largest absolute Gasteiger partial charge is 0.207 e. The Morgan fingerprint density at radius 3 is 2.47 bits per heavy atom. The first-order valence-corrected chi connectivity index (χ1v) is 6.52. The maximum absolute atomic E-state index is 13.1. The predicted molar refractivity (Wildman–Crippen MR) is 72.8 cm³/mol. The van der Waals surface area contributed by atoms with Crippen molar-refractivity contribution in [3.05, 3.63) is 69.9 Å². The molecule has 3 heteroatoms. The molecule has 2 rings (SSSR count). The van der Waals surface area contributed by atoms with Crippen LogP contribution in [0, 0.1) is 5.82 Å². The van der Waals surface area contributed by atoms with Crippen molar-refractivity contribution in [2.75, 3.05) is 0 Å². The van der Waals surface area contributed by atoms with Gasteiger partial charge in [0, 0.05) is 4.47 Å². The first kappa shape index (κ1) is 12.6. The predicted octanol–water partition coefficient (Wildman–Crippen LogP) is 5.11. The lowest BCUT2D eigenvalue weighted by atomic mass is 10.0. The summed E-state index contributed by atoms with van der Waals surface area (Å²) in [7, 11) is 0. The van der Waals surface area contributed by atoms with E-state index >= 15 is 0 Å². The van der Waals surface area contributed by atoms with Crippen LogP contribution in [0.25, 0.3) is 0 Å². The van der Waals surface area contributed by atoms with Crippen molar-refractivity contribution in [1.29, 1.82) is 0 Å². The Bertz CT molecular complexity index is 496. The molecule has 2 aromatic rings. The standard InChI is InChI=1S/C14H11BrClF/c15-12-6-4-10(5-7-12)8-14(16)11-2-1-3-13(17)9-11/h1-7,9,14H,8H2. The molecule has 0 fully saturated rings. The summed E-state index contributed by atoms with van der Waals surface area (Å²) < 4.78 is 14.1. The molecule has 0 amide bonds. The summed E-state index contributed by atoms with van der Waals surface area (Å²) in [5.41, 5.74) is 1.95. The molecular weight excluding hydrogens is 303 g/mol. The summed E-state index contributed by atoms with van der Waals surface area (Å²) in [5.74, 6) is -0.246. The van der Waals surface area contributed by atoms with Crippen LogP contribution in [-0.2, 0) is 6.42 Å². The number of hydrogen-bond acceptors (Lipinski definition) is 0. The third-order valence-corrected chi connectivity index (χ3v) is 3.47. The lowest BCUT2D eigenvalue weighted by Gasteiger charge is -2.10. The van der Waals surface area contributed by atoms with Gasteiger partial charge in [-0.15, -0.1) is 11.6 Å². The van der Waals surface area contributed by atoms with Gasteiger partial charge < -0.3 is 0 Å². The monoisotopic (exact) mass is 312 g/mol. The molecule has 0 N–H and O–H groups in total. The fraction of sp³-hybridized carbons (Fsp3) is 0.143. The van der Waals surface area contributed by atoms with E-state index in [-0.39, 0.29) is 11.2 Å². The molecule has 0 spiro atoms. The molecule has 0 saturated heterocycles. The van der Waals surface area contributed by atoms with Gasteiger partial charge in [-0.1, -0.05) is 40.2 Å². The highest BCUT2D eigenvalue weighted by Crippen LogP contribution is 2.26. The zero-order valence-electron chi connectivity index (χ0n) is 9.04. The van der Waals surface area contributed by atoms with Gasteiger partial charge in [-0.3, -0.25) is 0 Å². The van der Waals surface area contributed by atoms with Crippen molar-refractivity contribution in [2.24, 2.45) is 0 Å². The minimum absolute atomic E-state index is 0.202. The average Bonchev–Trinajstić information content (AvgIpc) is 2.32. The molecule has 0 nitrogen and oxygen atoms in total. The van der Waals surface area contributed by atoms with Crippen LogP contribution in [0.5, 0.6) is 0 Å². The normalized spacial score (nSPS) is 12.4.